The summed E-state index contributed by atoms with van der Waals surface area (Å²) in [4.78, 5) is 34.4. The minimum atomic E-state index is 0.0425. The molecule has 2 amide bonds. The third-order valence-electron chi connectivity index (χ3n) is 11.5. The summed E-state index contributed by atoms with van der Waals surface area (Å²) in [5, 5.41) is 0. The van der Waals surface area contributed by atoms with Crippen molar-refractivity contribution in [3.8, 4) is 0 Å². The predicted molar refractivity (Wildman–Crippen MR) is 240 cm³/mol. The Kier molecular flexibility index (Phi) is 21.9. The number of amides is 2. The number of carbonyl (C=O) groups is 2. The maximum absolute atomic E-state index is 15.1. The number of unbranched alkanes of at least 4 members (excludes halogenated alkanes) is 16. The van der Waals surface area contributed by atoms with Gasteiger partial charge >= 0.3 is 347 Å². The summed E-state index contributed by atoms with van der Waals surface area (Å²) in [6, 6.07) is 8.64. The molecule has 2 unspecified atom stereocenters. The van der Waals surface area contributed by atoms with E-state index in [0.29, 0.717) is 23.0 Å². The van der Waals surface area contributed by atoms with Crippen molar-refractivity contribution in [2.24, 2.45) is 11.8 Å². The average Bonchev–Trinajstić information content (AvgIpc) is 3.92. The number of hydrogen-bond donors (Lipinski definition) is 0. The normalized spacial score (nSPS) is 15.7. The van der Waals surface area contributed by atoms with Crippen LogP contribution in [0.25, 0.3) is 11.4 Å². The molecule has 8 heteroatoms. The van der Waals surface area contributed by atoms with Crippen molar-refractivity contribution < 1.29 is 9.59 Å². The van der Waals surface area contributed by atoms with Crippen LogP contribution in [0.2, 0.25) is 0 Å². The fourth-order valence-corrected chi connectivity index (χ4v) is 13.9. The van der Waals surface area contributed by atoms with Crippen LogP contribution in [-0.2, 0) is 9.59 Å². The second kappa shape index (κ2) is 25.7. The molecule has 2 atom stereocenters. The van der Waals surface area contributed by atoms with Crippen molar-refractivity contribution in [2.75, 3.05) is 13.1 Å². The molecule has 2 aliphatic heterocycles. The SMILES string of the molecule is CCCCCCCCC(CCCCCC)CN1C(=O)C2=C(c3ccc(Br)[se]3)N(CC(CCCCCC)CCCCCCCC)C(=O)C2=C1c1ccc(Br)[se]1. The van der Waals surface area contributed by atoms with Crippen molar-refractivity contribution in [3.05, 3.63) is 51.0 Å². The molecular formula is C46H70Br2N2O2Se2. The second-order valence-corrected chi connectivity index (χ2v) is 24.6. The summed E-state index contributed by atoms with van der Waals surface area (Å²) in [6.45, 7) is 10.6. The molecule has 0 aromatic carbocycles. The van der Waals surface area contributed by atoms with Gasteiger partial charge in [0.05, 0.1) is 0 Å². The van der Waals surface area contributed by atoms with Crippen LogP contribution in [0.3, 0.4) is 0 Å². The molecule has 0 fully saturated rings. The summed E-state index contributed by atoms with van der Waals surface area (Å²) in [7, 11) is 0. The molecule has 2 aliphatic rings. The van der Waals surface area contributed by atoms with Crippen molar-refractivity contribution in [3.63, 3.8) is 0 Å². The first-order valence-corrected chi connectivity index (χ1v) is 27.0. The molecular weight excluding hydrogens is 930 g/mol. The van der Waals surface area contributed by atoms with Gasteiger partial charge in [-0.1, -0.05) is 13.8 Å². The van der Waals surface area contributed by atoms with Crippen LogP contribution in [-0.4, -0.2) is 63.7 Å². The molecule has 0 N–H and O–H groups in total. The van der Waals surface area contributed by atoms with Gasteiger partial charge in [0.15, 0.2) is 0 Å². The molecule has 4 heterocycles. The molecule has 302 valence electrons. The molecule has 0 saturated heterocycles. The van der Waals surface area contributed by atoms with Gasteiger partial charge in [0, 0.05) is 0 Å². The first-order chi connectivity index (χ1) is 26.3. The topological polar surface area (TPSA) is 40.6 Å². The Balaban J connectivity index is 1.69. The molecule has 0 aliphatic carbocycles. The van der Waals surface area contributed by atoms with Crippen LogP contribution >= 0.6 is 31.9 Å². The van der Waals surface area contributed by atoms with E-state index in [1.54, 1.807) is 0 Å². The zero-order valence-corrected chi connectivity index (χ0v) is 40.7. The number of rotatable bonds is 30. The van der Waals surface area contributed by atoms with Crippen molar-refractivity contribution >= 4 is 84.1 Å². The quantitative estimate of drug-likeness (QED) is 0.0578. The molecule has 4 rings (SSSR count). The summed E-state index contributed by atoms with van der Waals surface area (Å²) >= 11 is 7.66. The van der Waals surface area contributed by atoms with Crippen molar-refractivity contribution in [2.45, 2.75) is 182 Å². The van der Waals surface area contributed by atoms with Gasteiger partial charge in [-0.15, -0.1) is 0 Å². The van der Waals surface area contributed by atoms with Crippen LogP contribution in [0.5, 0.6) is 0 Å². The standard InChI is InChI=1S/C46H70Br2N2O2Se2/c1-5-9-13-17-19-23-27-35(25-21-15-11-7-3)33-49-43(37-29-31-39(47)53-37)41-42(45(49)51)44(38-30-32-40(48)54-38)50(46(41)52)34-36(26-22-16-12-8-4)28-24-20-18-14-10-6-2/h29-32,35-36H,5-28,33-34H2,1-4H3. The Morgan fingerprint density at radius 3 is 1.06 bits per heavy atom. The zero-order chi connectivity index (χ0) is 38.7. The molecule has 2 aromatic rings. The van der Waals surface area contributed by atoms with Gasteiger partial charge in [-0.3, -0.25) is 0 Å². The van der Waals surface area contributed by atoms with Gasteiger partial charge in [0.2, 0.25) is 0 Å². The number of carbonyl (C=O) groups excluding carboxylic acids is 2. The zero-order valence-electron chi connectivity index (χ0n) is 34.1. The van der Waals surface area contributed by atoms with E-state index in [4.69, 9.17) is 0 Å². The first kappa shape index (κ1) is 46.1. The molecule has 4 nitrogen and oxygen atoms in total. The Morgan fingerprint density at radius 1 is 0.463 bits per heavy atom. The van der Waals surface area contributed by atoms with E-state index < -0.39 is 0 Å². The Morgan fingerprint density at radius 2 is 0.759 bits per heavy atom. The average molecular weight is 1000 g/mol. The van der Waals surface area contributed by atoms with Gasteiger partial charge < -0.3 is 0 Å². The van der Waals surface area contributed by atoms with Crippen LogP contribution < -0.4 is 0 Å². The van der Waals surface area contributed by atoms with E-state index in [1.807, 2.05) is 0 Å². The van der Waals surface area contributed by atoms with Gasteiger partial charge in [0.1, 0.15) is 0 Å². The first-order valence-electron chi connectivity index (χ1n) is 22.0. The summed E-state index contributed by atoms with van der Waals surface area (Å²) in [6.07, 6.45) is 30.1. The Bertz CT molecular complexity index is 1380. The molecule has 54 heavy (non-hydrogen) atoms. The number of nitrogens with zero attached hydrogens (tertiary/aromatic N) is 2. The monoisotopic (exact) mass is 1000 g/mol. The van der Waals surface area contributed by atoms with Crippen molar-refractivity contribution in [1.82, 2.24) is 9.80 Å². The minimum absolute atomic E-state index is 0.0425. The van der Waals surface area contributed by atoms with Crippen LogP contribution in [0, 0.1) is 11.8 Å². The van der Waals surface area contributed by atoms with E-state index in [0.717, 1.165) is 50.2 Å². The third-order valence-corrected chi connectivity index (χ3v) is 17.4. The molecule has 0 bridgehead atoms. The van der Waals surface area contributed by atoms with Crippen molar-refractivity contribution in [1.29, 1.82) is 0 Å². The van der Waals surface area contributed by atoms with Crippen LogP contribution in [0.15, 0.2) is 42.1 Å². The van der Waals surface area contributed by atoms with E-state index >= 15 is 9.59 Å². The summed E-state index contributed by atoms with van der Waals surface area (Å²) in [5.74, 6) is 1.04. The fourth-order valence-electron chi connectivity index (χ4n) is 8.46. The summed E-state index contributed by atoms with van der Waals surface area (Å²) < 4.78 is 4.68. The Labute approximate surface area is 358 Å². The molecule has 2 aromatic heterocycles. The predicted octanol–water partition coefficient (Wildman–Crippen LogP) is 13.8. The number of hydrogen-bond acceptors (Lipinski definition) is 2. The Hall–Kier alpha value is -0.621. The fraction of sp³-hybridized carbons (Fsp3) is 0.696. The van der Waals surface area contributed by atoms with Crippen LogP contribution in [0.1, 0.15) is 191 Å². The van der Waals surface area contributed by atoms with E-state index in [-0.39, 0.29) is 40.8 Å². The van der Waals surface area contributed by atoms with Gasteiger partial charge in [-0.05, 0) is 0 Å². The molecule has 0 spiro atoms. The maximum atomic E-state index is 15.1. The van der Waals surface area contributed by atoms with Gasteiger partial charge in [-0.2, -0.15) is 0 Å². The van der Waals surface area contributed by atoms with Gasteiger partial charge in [-0.25, -0.2) is 0 Å². The summed E-state index contributed by atoms with van der Waals surface area (Å²) in [5.41, 5.74) is 3.26. The second-order valence-electron chi connectivity index (χ2n) is 16.0. The van der Waals surface area contributed by atoms with Crippen LogP contribution in [0.4, 0.5) is 0 Å². The van der Waals surface area contributed by atoms with E-state index in [9.17, 15) is 0 Å². The molecule has 0 radical (unpaired) electrons. The molecule has 0 saturated carbocycles. The third kappa shape index (κ3) is 13.8. The van der Waals surface area contributed by atoms with E-state index in [2.05, 4.69) is 93.6 Å². The van der Waals surface area contributed by atoms with Gasteiger partial charge in [0.25, 0.3) is 0 Å². The number of halogens is 2. The van der Waals surface area contributed by atoms with E-state index in [1.165, 1.54) is 144 Å². The number of fused-ring (bicyclic) bond motifs is 1.